The molecule has 3 aromatic rings. The van der Waals surface area contributed by atoms with E-state index < -0.39 is 17.6 Å². The Morgan fingerprint density at radius 1 is 1.00 bits per heavy atom. The number of amides is 2. The van der Waals surface area contributed by atoms with E-state index in [2.05, 4.69) is 10.6 Å². The molecule has 1 heterocycles. The molecule has 4 rings (SSSR count). The Labute approximate surface area is 253 Å². The summed E-state index contributed by atoms with van der Waals surface area (Å²) in [5.74, 6) is -1.32. The summed E-state index contributed by atoms with van der Waals surface area (Å²) >= 11 is 0. The molecule has 8 nitrogen and oxygen atoms in total. The molecule has 1 aliphatic rings. The van der Waals surface area contributed by atoms with Crippen LogP contribution in [-0.2, 0) is 22.6 Å². The number of nitrogens with zero attached hydrogens (tertiary/aromatic N) is 1. The molecule has 1 unspecified atom stereocenters. The molecule has 1 aliphatic heterocycles. The maximum absolute atomic E-state index is 13.8. The van der Waals surface area contributed by atoms with Gasteiger partial charge in [-0.2, -0.15) is 0 Å². The molecule has 3 aromatic carbocycles. The summed E-state index contributed by atoms with van der Waals surface area (Å²) in [6.45, 7) is 5.29. The topological polar surface area (TPSA) is 125 Å². The maximum atomic E-state index is 13.8. The van der Waals surface area contributed by atoms with Crippen LogP contribution in [0.1, 0.15) is 48.2 Å². The Bertz CT molecular complexity index is 1350. The third-order valence-corrected chi connectivity index (χ3v) is 7.00. The average Bonchev–Trinajstić information content (AvgIpc) is 3.04. The molecule has 0 saturated carbocycles. The van der Waals surface area contributed by atoms with Crippen molar-refractivity contribution in [3.8, 4) is 11.1 Å². The van der Waals surface area contributed by atoms with Gasteiger partial charge < -0.3 is 26.4 Å². The first-order valence-electron chi connectivity index (χ1n) is 13.2. The summed E-state index contributed by atoms with van der Waals surface area (Å²) in [5, 5.41) is 15.8. The van der Waals surface area contributed by atoms with Gasteiger partial charge in [-0.15, -0.1) is 24.8 Å². The van der Waals surface area contributed by atoms with E-state index in [0.29, 0.717) is 38.0 Å². The number of carbonyl (C=O) groups excluding carboxylic acids is 2. The van der Waals surface area contributed by atoms with Gasteiger partial charge in [0.25, 0.3) is 0 Å². The van der Waals surface area contributed by atoms with Crippen molar-refractivity contribution in [1.29, 1.82) is 0 Å². The first kappa shape index (κ1) is 33.8. The lowest BCUT2D eigenvalue weighted by atomic mass is 9.98. The third-order valence-electron chi connectivity index (χ3n) is 7.00. The highest BCUT2D eigenvalue weighted by Gasteiger charge is 2.32. The number of carbonyl (C=O) groups is 3. The zero-order chi connectivity index (χ0) is 28.0. The smallest absolute Gasteiger partial charge is 0.336 e. The van der Waals surface area contributed by atoms with Crippen molar-refractivity contribution in [2.45, 2.75) is 51.2 Å². The van der Waals surface area contributed by atoms with Crippen LogP contribution in [0.2, 0.25) is 0 Å². The van der Waals surface area contributed by atoms with Crippen LogP contribution >= 0.6 is 24.8 Å². The van der Waals surface area contributed by atoms with E-state index in [9.17, 15) is 19.5 Å². The molecule has 220 valence electrons. The van der Waals surface area contributed by atoms with Crippen molar-refractivity contribution in [2.24, 2.45) is 5.73 Å². The fourth-order valence-corrected chi connectivity index (χ4v) is 5.03. The van der Waals surface area contributed by atoms with Crippen LogP contribution < -0.4 is 21.3 Å². The number of aryl methyl sites for hydroxylation is 1. The van der Waals surface area contributed by atoms with Crippen molar-refractivity contribution >= 4 is 48.3 Å². The normalized spacial score (nSPS) is 14.7. The van der Waals surface area contributed by atoms with Crippen LogP contribution in [0.4, 0.5) is 5.69 Å². The molecule has 0 aromatic heterocycles. The zero-order valence-corrected chi connectivity index (χ0v) is 24.9. The van der Waals surface area contributed by atoms with Crippen LogP contribution in [0.3, 0.4) is 0 Å². The summed E-state index contributed by atoms with van der Waals surface area (Å²) in [6.07, 6.45) is 1.41. The molecule has 0 fully saturated rings. The average molecular weight is 602 g/mol. The lowest BCUT2D eigenvalue weighted by Gasteiger charge is -2.29. The van der Waals surface area contributed by atoms with Crippen LogP contribution in [0, 0.1) is 0 Å². The van der Waals surface area contributed by atoms with Crippen molar-refractivity contribution in [3.05, 3.63) is 89.5 Å². The Morgan fingerprint density at radius 2 is 1.66 bits per heavy atom. The molecule has 0 spiro atoms. The first-order chi connectivity index (χ1) is 18.7. The highest BCUT2D eigenvalue weighted by atomic mass is 35.5. The third kappa shape index (κ3) is 8.53. The standard InChI is InChI=1S/C31H36N4O4.2ClH/c1-31(2,33-18-17-32)19-28(36)34-26-16-15-23-7-3-6-10-27(23)35(29(26)37)20-21-11-13-22(14-12-21)24-8-4-5-9-25(24)30(38)39;;/h3-14,26,33H,15-20,32H2,1-2H3,(H,34,36)(H,38,39);2*1H. The Balaban J connectivity index is 0.00000294. The van der Waals surface area contributed by atoms with E-state index in [0.717, 1.165) is 22.4 Å². The molecule has 5 N–H and O–H groups in total. The Hall–Kier alpha value is -3.43. The maximum Gasteiger partial charge on any atom is 0.336 e. The van der Waals surface area contributed by atoms with Gasteiger partial charge in [-0.1, -0.05) is 60.7 Å². The lowest BCUT2D eigenvalue weighted by molar-refractivity contribution is -0.128. The fourth-order valence-electron chi connectivity index (χ4n) is 5.03. The van der Waals surface area contributed by atoms with Gasteiger partial charge in [0.15, 0.2) is 0 Å². The van der Waals surface area contributed by atoms with Gasteiger partial charge in [0, 0.05) is 30.7 Å². The second kappa shape index (κ2) is 15.0. The molecule has 0 radical (unpaired) electrons. The SMILES string of the molecule is CC(C)(CC(=O)NC1CCc2ccccc2N(Cc2ccc(-c3ccccc3C(=O)O)cc2)C1=O)NCCN.Cl.Cl. The second-order valence-electron chi connectivity index (χ2n) is 10.5. The number of benzene rings is 3. The fraction of sp³-hybridized carbons (Fsp3) is 0.323. The number of carboxylic acids is 1. The van der Waals surface area contributed by atoms with Crippen LogP contribution in [0.15, 0.2) is 72.8 Å². The quantitative estimate of drug-likeness (QED) is 0.270. The number of hydrogen-bond donors (Lipinski definition) is 4. The number of nitrogens with one attached hydrogen (secondary N) is 2. The minimum Gasteiger partial charge on any atom is -0.478 e. The minimum atomic E-state index is -0.979. The van der Waals surface area contributed by atoms with E-state index in [1.807, 2.05) is 68.4 Å². The van der Waals surface area contributed by atoms with Crippen LogP contribution in [-0.4, -0.2) is 47.6 Å². The molecular weight excluding hydrogens is 563 g/mol. The molecule has 10 heteroatoms. The number of rotatable bonds is 10. The zero-order valence-electron chi connectivity index (χ0n) is 23.3. The minimum absolute atomic E-state index is 0. The second-order valence-corrected chi connectivity index (χ2v) is 10.5. The van der Waals surface area contributed by atoms with E-state index in [4.69, 9.17) is 5.73 Å². The van der Waals surface area contributed by atoms with E-state index in [1.165, 1.54) is 0 Å². The molecule has 0 saturated heterocycles. The largest absolute Gasteiger partial charge is 0.478 e. The molecule has 1 atom stereocenters. The predicted octanol–water partition coefficient (Wildman–Crippen LogP) is 4.58. The molecule has 0 bridgehead atoms. The summed E-state index contributed by atoms with van der Waals surface area (Å²) in [6, 6.07) is 21.6. The van der Waals surface area contributed by atoms with Crippen LogP contribution in [0.5, 0.6) is 0 Å². The van der Waals surface area contributed by atoms with Crippen LogP contribution in [0.25, 0.3) is 11.1 Å². The van der Waals surface area contributed by atoms with E-state index in [1.54, 1.807) is 23.1 Å². The molecule has 0 aliphatic carbocycles. The number of para-hydroxylation sites is 1. The number of carboxylic acid groups (broad SMARTS) is 1. The summed E-state index contributed by atoms with van der Waals surface area (Å²) in [7, 11) is 0. The molecule has 2 amide bonds. The number of fused-ring (bicyclic) bond motifs is 1. The number of halogens is 2. The highest BCUT2D eigenvalue weighted by Crippen LogP contribution is 2.30. The number of hydrogen-bond acceptors (Lipinski definition) is 5. The summed E-state index contributed by atoms with van der Waals surface area (Å²) in [5.41, 5.74) is 9.60. The number of aromatic carboxylic acids is 1. The lowest BCUT2D eigenvalue weighted by Crippen LogP contribution is -2.51. The predicted molar refractivity (Wildman–Crippen MR) is 167 cm³/mol. The highest BCUT2D eigenvalue weighted by molar-refractivity contribution is 6.00. The van der Waals surface area contributed by atoms with Crippen molar-refractivity contribution < 1.29 is 19.5 Å². The number of nitrogens with two attached hydrogens (primary N) is 1. The monoisotopic (exact) mass is 600 g/mol. The van der Waals surface area contributed by atoms with E-state index >= 15 is 0 Å². The van der Waals surface area contributed by atoms with Gasteiger partial charge in [-0.3, -0.25) is 9.59 Å². The Morgan fingerprint density at radius 3 is 2.34 bits per heavy atom. The van der Waals surface area contributed by atoms with Crippen molar-refractivity contribution in [2.75, 3.05) is 18.0 Å². The first-order valence-corrected chi connectivity index (χ1v) is 13.2. The van der Waals surface area contributed by atoms with Gasteiger partial charge in [-0.25, -0.2) is 4.79 Å². The van der Waals surface area contributed by atoms with Crippen molar-refractivity contribution in [1.82, 2.24) is 10.6 Å². The van der Waals surface area contributed by atoms with Gasteiger partial charge >= 0.3 is 5.97 Å². The van der Waals surface area contributed by atoms with Gasteiger partial charge in [0.2, 0.25) is 11.8 Å². The number of anilines is 1. The molecule has 41 heavy (non-hydrogen) atoms. The molecular formula is C31H38Cl2N4O4. The summed E-state index contributed by atoms with van der Waals surface area (Å²) < 4.78 is 0. The van der Waals surface area contributed by atoms with Crippen molar-refractivity contribution in [3.63, 3.8) is 0 Å². The van der Waals surface area contributed by atoms with Gasteiger partial charge in [0.05, 0.1) is 12.1 Å². The van der Waals surface area contributed by atoms with Gasteiger partial charge in [0.1, 0.15) is 6.04 Å². The summed E-state index contributed by atoms with van der Waals surface area (Å²) in [4.78, 5) is 40.1. The van der Waals surface area contributed by atoms with Gasteiger partial charge in [-0.05, 0) is 61.1 Å². The van der Waals surface area contributed by atoms with E-state index in [-0.39, 0.29) is 48.6 Å². The Kier molecular flexibility index (Phi) is 12.3.